The van der Waals surface area contributed by atoms with Crippen molar-refractivity contribution in [1.82, 2.24) is 10.3 Å². The van der Waals surface area contributed by atoms with Crippen molar-refractivity contribution in [3.63, 3.8) is 0 Å². The zero-order chi connectivity index (χ0) is 12.0. The third-order valence-electron chi connectivity index (χ3n) is 2.79. The summed E-state index contributed by atoms with van der Waals surface area (Å²) in [5, 5.41) is 3.45. The number of pyridine rings is 1. The SMILES string of the molecule is CC(N)CCNCC(C)(C)c1cccnc1. The van der Waals surface area contributed by atoms with Gasteiger partial charge in [-0.1, -0.05) is 19.9 Å². The molecule has 0 saturated carbocycles. The largest absolute Gasteiger partial charge is 0.328 e. The Balaban J connectivity index is 2.40. The van der Waals surface area contributed by atoms with Gasteiger partial charge in [0, 0.05) is 30.4 Å². The maximum absolute atomic E-state index is 5.70. The van der Waals surface area contributed by atoms with Crippen molar-refractivity contribution in [1.29, 1.82) is 0 Å². The highest BCUT2D eigenvalue weighted by molar-refractivity contribution is 5.19. The van der Waals surface area contributed by atoms with E-state index in [9.17, 15) is 0 Å². The molecule has 0 fully saturated rings. The minimum absolute atomic E-state index is 0.117. The Labute approximate surface area is 98.5 Å². The molecule has 1 atom stereocenters. The van der Waals surface area contributed by atoms with E-state index in [-0.39, 0.29) is 11.5 Å². The monoisotopic (exact) mass is 221 g/mol. The van der Waals surface area contributed by atoms with E-state index in [1.54, 1.807) is 0 Å². The molecule has 1 aromatic rings. The highest BCUT2D eigenvalue weighted by Crippen LogP contribution is 2.20. The second-order valence-electron chi connectivity index (χ2n) is 5.07. The van der Waals surface area contributed by atoms with Crippen molar-refractivity contribution in [3.8, 4) is 0 Å². The van der Waals surface area contributed by atoms with Crippen LogP contribution in [0.15, 0.2) is 24.5 Å². The molecule has 1 rings (SSSR count). The molecule has 0 aliphatic carbocycles. The van der Waals surface area contributed by atoms with Gasteiger partial charge in [0.1, 0.15) is 0 Å². The first-order valence-corrected chi connectivity index (χ1v) is 5.89. The second kappa shape index (κ2) is 5.97. The third kappa shape index (κ3) is 4.29. The minimum atomic E-state index is 0.117. The average Bonchev–Trinajstić information content (AvgIpc) is 2.26. The lowest BCUT2D eigenvalue weighted by molar-refractivity contribution is 0.457. The summed E-state index contributed by atoms with van der Waals surface area (Å²) in [5.74, 6) is 0. The molecule has 90 valence electrons. The van der Waals surface area contributed by atoms with Gasteiger partial charge in [-0.25, -0.2) is 0 Å². The van der Waals surface area contributed by atoms with Crippen molar-refractivity contribution < 1.29 is 0 Å². The molecule has 0 aliphatic rings. The number of aromatic nitrogens is 1. The number of hydrogen-bond acceptors (Lipinski definition) is 3. The molecule has 0 aromatic carbocycles. The maximum atomic E-state index is 5.70. The molecule has 3 N–H and O–H groups in total. The van der Waals surface area contributed by atoms with E-state index in [1.165, 1.54) is 5.56 Å². The number of nitrogens with one attached hydrogen (secondary N) is 1. The Morgan fingerprint density at radius 2 is 2.25 bits per heavy atom. The summed E-state index contributed by atoms with van der Waals surface area (Å²) in [6.45, 7) is 8.41. The van der Waals surface area contributed by atoms with Crippen LogP contribution in [0.5, 0.6) is 0 Å². The van der Waals surface area contributed by atoms with Gasteiger partial charge in [-0.15, -0.1) is 0 Å². The fourth-order valence-electron chi connectivity index (χ4n) is 1.60. The van der Waals surface area contributed by atoms with Gasteiger partial charge in [0.15, 0.2) is 0 Å². The zero-order valence-corrected chi connectivity index (χ0v) is 10.5. The summed E-state index contributed by atoms with van der Waals surface area (Å²) in [6.07, 6.45) is 4.76. The van der Waals surface area contributed by atoms with Crippen molar-refractivity contribution >= 4 is 0 Å². The summed E-state index contributed by atoms with van der Waals surface area (Å²) in [5.41, 5.74) is 7.09. The molecule has 0 bridgehead atoms. The van der Waals surface area contributed by atoms with Gasteiger partial charge in [0.25, 0.3) is 0 Å². The van der Waals surface area contributed by atoms with Crippen LogP contribution < -0.4 is 11.1 Å². The highest BCUT2D eigenvalue weighted by Gasteiger charge is 2.19. The van der Waals surface area contributed by atoms with Crippen LogP contribution in [0.2, 0.25) is 0 Å². The van der Waals surface area contributed by atoms with Gasteiger partial charge in [-0.2, -0.15) is 0 Å². The van der Waals surface area contributed by atoms with Crippen LogP contribution in [0, 0.1) is 0 Å². The summed E-state index contributed by atoms with van der Waals surface area (Å²) < 4.78 is 0. The average molecular weight is 221 g/mol. The maximum Gasteiger partial charge on any atom is 0.0305 e. The Morgan fingerprint density at radius 3 is 2.81 bits per heavy atom. The van der Waals surface area contributed by atoms with E-state index < -0.39 is 0 Å². The van der Waals surface area contributed by atoms with Crippen LogP contribution in [0.4, 0.5) is 0 Å². The summed E-state index contributed by atoms with van der Waals surface area (Å²) in [7, 11) is 0. The Bertz CT molecular complexity index is 293. The van der Waals surface area contributed by atoms with Crippen LogP contribution in [-0.4, -0.2) is 24.1 Å². The van der Waals surface area contributed by atoms with Crippen LogP contribution in [0.1, 0.15) is 32.8 Å². The number of nitrogens with two attached hydrogens (primary N) is 1. The lowest BCUT2D eigenvalue weighted by atomic mass is 9.85. The van der Waals surface area contributed by atoms with E-state index in [4.69, 9.17) is 5.73 Å². The van der Waals surface area contributed by atoms with Crippen LogP contribution >= 0.6 is 0 Å². The number of hydrogen-bond donors (Lipinski definition) is 2. The molecule has 0 aliphatic heterocycles. The van der Waals surface area contributed by atoms with Gasteiger partial charge in [-0.3, -0.25) is 4.98 Å². The molecule has 0 spiro atoms. The predicted octanol–water partition coefficient (Wildman–Crippen LogP) is 1.69. The molecule has 16 heavy (non-hydrogen) atoms. The first-order valence-electron chi connectivity index (χ1n) is 5.89. The molecule has 0 amide bonds. The molecule has 3 heteroatoms. The van der Waals surface area contributed by atoms with Crippen molar-refractivity contribution in [2.24, 2.45) is 5.73 Å². The van der Waals surface area contributed by atoms with E-state index in [2.05, 4.69) is 30.2 Å². The van der Waals surface area contributed by atoms with Crippen LogP contribution in [-0.2, 0) is 5.41 Å². The molecular formula is C13H23N3. The highest BCUT2D eigenvalue weighted by atomic mass is 14.9. The lowest BCUT2D eigenvalue weighted by Crippen LogP contribution is -2.35. The quantitative estimate of drug-likeness (QED) is 0.719. The number of nitrogens with zero attached hydrogens (tertiary/aromatic N) is 1. The fraction of sp³-hybridized carbons (Fsp3) is 0.615. The first kappa shape index (κ1) is 13.1. The van der Waals surface area contributed by atoms with Crippen molar-refractivity contribution in [2.75, 3.05) is 13.1 Å². The zero-order valence-electron chi connectivity index (χ0n) is 10.5. The van der Waals surface area contributed by atoms with E-state index in [1.807, 2.05) is 25.4 Å². The molecule has 1 aromatic heterocycles. The molecule has 0 radical (unpaired) electrons. The van der Waals surface area contributed by atoms with Gasteiger partial charge < -0.3 is 11.1 Å². The lowest BCUT2D eigenvalue weighted by Gasteiger charge is -2.25. The van der Waals surface area contributed by atoms with E-state index in [0.29, 0.717) is 0 Å². The summed E-state index contributed by atoms with van der Waals surface area (Å²) in [4.78, 5) is 4.16. The van der Waals surface area contributed by atoms with Gasteiger partial charge >= 0.3 is 0 Å². The topological polar surface area (TPSA) is 50.9 Å². The molecule has 0 saturated heterocycles. The predicted molar refractivity (Wildman–Crippen MR) is 68.4 cm³/mol. The van der Waals surface area contributed by atoms with Gasteiger partial charge in [-0.05, 0) is 31.5 Å². The Morgan fingerprint density at radius 1 is 1.50 bits per heavy atom. The van der Waals surface area contributed by atoms with Crippen molar-refractivity contribution in [2.45, 2.75) is 38.6 Å². The van der Waals surface area contributed by atoms with Crippen molar-refractivity contribution in [3.05, 3.63) is 30.1 Å². The summed E-state index contributed by atoms with van der Waals surface area (Å²) in [6, 6.07) is 4.38. The van der Waals surface area contributed by atoms with Crippen LogP contribution in [0.25, 0.3) is 0 Å². The standard InChI is InChI=1S/C13H23N3/c1-11(14)6-8-16-10-13(2,3)12-5-4-7-15-9-12/h4-5,7,9,11,16H,6,8,10,14H2,1-3H3. The molecule has 1 heterocycles. The fourth-order valence-corrected chi connectivity index (χ4v) is 1.60. The molecule has 3 nitrogen and oxygen atoms in total. The smallest absolute Gasteiger partial charge is 0.0305 e. The second-order valence-corrected chi connectivity index (χ2v) is 5.07. The van der Waals surface area contributed by atoms with E-state index in [0.717, 1.165) is 19.5 Å². The number of rotatable bonds is 6. The first-order chi connectivity index (χ1) is 7.52. The molecular weight excluding hydrogens is 198 g/mol. The van der Waals surface area contributed by atoms with Gasteiger partial charge in [0.05, 0.1) is 0 Å². The Kier molecular flexibility index (Phi) is 4.90. The minimum Gasteiger partial charge on any atom is -0.328 e. The van der Waals surface area contributed by atoms with Gasteiger partial charge in [0.2, 0.25) is 0 Å². The third-order valence-corrected chi connectivity index (χ3v) is 2.79. The van der Waals surface area contributed by atoms with E-state index >= 15 is 0 Å². The Hall–Kier alpha value is -0.930. The molecule has 1 unspecified atom stereocenters. The van der Waals surface area contributed by atoms with Crippen LogP contribution in [0.3, 0.4) is 0 Å². The normalized spacial score (nSPS) is 13.8. The summed E-state index contributed by atoms with van der Waals surface area (Å²) >= 11 is 0.